The number of hydrogen-bond acceptors (Lipinski definition) is 4. The minimum Gasteiger partial charge on any atom is -0.489 e. The van der Waals surface area contributed by atoms with Crippen LogP contribution in [0.2, 0.25) is 0 Å². The summed E-state index contributed by atoms with van der Waals surface area (Å²) in [6, 6.07) is 8.78. The van der Waals surface area contributed by atoms with Crippen molar-refractivity contribution in [2.24, 2.45) is 0 Å². The van der Waals surface area contributed by atoms with Crippen molar-refractivity contribution >= 4 is 11.7 Å². The lowest BCUT2D eigenvalue weighted by molar-refractivity contribution is -0.138. The summed E-state index contributed by atoms with van der Waals surface area (Å²) in [5.74, 6) is -0.680. The molecule has 1 aliphatic rings. The van der Waals surface area contributed by atoms with Gasteiger partial charge in [-0.2, -0.15) is 13.2 Å². The van der Waals surface area contributed by atoms with Crippen molar-refractivity contribution in [1.82, 2.24) is 0 Å². The van der Waals surface area contributed by atoms with Gasteiger partial charge in [0.15, 0.2) is 0 Å². The molecule has 1 unspecified atom stereocenters. The fourth-order valence-electron chi connectivity index (χ4n) is 4.06. The van der Waals surface area contributed by atoms with Gasteiger partial charge in [-0.1, -0.05) is 32.0 Å². The molecule has 2 aromatic rings. The third-order valence-corrected chi connectivity index (χ3v) is 6.06. The van der Waals surface area contributed by atoms with Crippen LogP contribution in [0.4, 0.5) is 18.9 Å². The van der Waals surface area contributed by atoms with Crippen LogP contribution in [0.3, 0.4) is 0 Å². The summed E-state index contributed by atoms with van der Waals surface area (Å²) in [7, 11) is 0. The predicted molar refractivity (Wildman–Crippen MR) is 115 cm³/mol. The third-order valence-electron chi connectivity index (χ3n) is 6.06. The number of halogens is 3. The number of aliphatic carboxylic acids is 1. The molecule has 2 N–H and O–H groups in total. The van der Waals surface area contributed by atoms with Crippen LogP contribution in [0, 0.1) is 6.92 Å². The first-order valence-corrected chi connectivity index (χ1v) is 10.3. The first-order valence-electron chi connectivity index (χ1n) is 10.3. The highest BCUT2D eigenvalue weighted by Crippen LogP contribution is 2.47. The van der Waals surface area contributed by atoms with Crippen LogP contribution in [0.5, 0.6) is 5.75 Å². The van der Waals surface area contributed by atoms with Gasteiger partial charge in [0.25, 0.3) is 0 Å². The molecule has 1 heterocycles. The second-order valence-corrected chi connectivity index (χ2v) is 8.03. The van der Waals surface area contributed by atoms with Crippen molar-refractivity contribution in [2.75, 3.05) is 18.1 Å². The number of hydrogen-bond donors (Lipinski definition) is 2. The van der Waals surface area contributed by atoms with Gasteiger partial charge in [0.05, 0.1) is 17.7 Å². The Kier molecular flexibility index (Phi) is 6.55. The van der Waals surface area contributed by atoms with Crippen LogP contribution in [0.25, 0.3) is 0 Å². The molecule has 2 aromatic carbocycles. The van der Waals surface area contributed by atoms with Crippen LogP contribution < -0.4 is 9.64 Å². The summed E-state index contributed by atoms with van der Waals surface area (Å²) in [5, 5.41) is 19.3. The van der Waals surface area contributed by atoms with Crippen LogP contribution in [-0.4, -0.2) is 29.3 Å². The molecule has 0 spiro atoms. The molecule has 32 heavy (non-hydrogen) atoms. The lowest BCUT2D eigenvalue weighted by Crippen LogP contribution is -2.38. The predicted octanol–water partition coefficient (Wildman–Crippen LogP) is 5.04. The molecule has 0 fully saturated rings. The Morgan fingerprint density at radius 3 is 2.50 bits per heavy atom. The lowest BCUT2D eigenvalue weighted by atomic mass is 9.71. The third kappa shape index (κ3) is 4.32. The number of carboxylic acid groups (broad SMARTS) is 1. The first kappa shape index (κ1) is 23.7. The maximum Gasteiger partial charge on any atom is 0.416 e. The molecule has 3 rings (SSSR count). The molecule has 0 amide bonds. The Balaban J connectivity index is 2.04. The number of β-amino-alcohol motifs (C(OH)–C–C–N with tert-alkyl or cyclic N) is 1. The van der Waals surface area contributed by atoms with Crippen LogP contribution in [0.15, 0.2) is 48.2 Å². The highest BCUT2D eigenvalue weighted by atomic mass is 19.4. The van der Waals surface area contributed by atoms with E-state index in [0.29, 0.717) is 23.3 Å². The minimum absolute atomic E-state index is 0.0170. The van der Waals surface area contributed by atoms with E-state index in [1.807, 2.05) is 19.9 Å². The van der Waals surface area contributed by atoms with E-state index in [1.165, 1.54) is 18.2 Å². The number of fused-ring (bicyclic) bond motifs is 1. The van der Waals surface area contributed by atoms with E-state index in [2.05, 4.69) is 0 Å². The molecule has 0 aromatic heterocycles. The summed E-state index contributed by atoms with van der Waals surface area (Å²) in [6.45, 7) is 5.24. The smallest absolute Gasteiger partial charge is 0.416 e. The number of benzene rings is 2. The van der Waals surface area contributed by atoms with Crippen LogP contribution in [-0.2, 0) is 23.0 Å². The Morgan fingerprint density at radius 2 is 1.91 bits per heavy atom. The number of nitrogens with zero attached hydrogens (tertiary/aromatic N) is 1. The van der Waals surface area contributed by atoms with Gasteiger partial charge < -0.3 is 19.8 Å². The van der Waals surface area contributed by atoms with E-state index in [9.17, 15) is 28.2 Å². The molecule has 172 valence electrons. The molecule has 8 heteroatoms. The van der Waals surface area contributed by atoms with Gasteiger partial charge in [-0.05, 0) is 42.7 Å². The van der Waals surface area contributed by atoms with Crippen molar-refractivity contribution < 1.29 is 32.9 Å². The molecule has 0 aliphatic carbocycles. The topological polar surface area (TPSA) is 70.0 Å². The van der Waals surface area contributed by atoms with E-state index < -0.39 is 23.1 Å². The zero-order valence-corrected chi connectivity index (χ0v) is 18.2. The number of aliphatic hydroxyl groups is 1. The second-order valence-electron chi connectivity index (χ2n) is 8.03. The fourth-order valence-corrected chi connectivity index (χ4v) is 4.06. The van der Waals surface area contributed by atoms with Crippen molar-refractivity contribution in [1.29, 1.82) is 0 Å². The normalized spacial score (nSPS) is 18.2. The number of aryl methyl sites for hydroxylation is 1. The SMILES string of the molecule is CCC1(C)C(C(=O)O)=CN(CCO)c2cc(C)c(OCc3ccccc3C(F)(F)F)cc21. The highest BCUT2D eigenvalue weighted by Gasteiger charge is 2.40. The molecule has 5 nitrogen and oxygen atoms in total. The molecular weight excluding hydrogens is 423 g/mol. The second kappa shape index (κ2) is 8.86. The summed E-state index contributed by atoms with van der Waals surface area (Å²) >= 11 is 0. The number of alkyl halides is 3. The highest BCUT2D eigenvalue weighted by molar-refractivity contribution is 5.92. The molecule has 1 atom stereocenters. The number of carbonyl (C=O) groups is 1. The Hall–Kier alpha value is -3.00. The van der Waals surface area contributed by atoms with Gasteiger partial charge in [-0.25, -0.2) is 4.79 Å². The van der Waals surface area contributed by atoms with E-state index in [-0.39, 0.29) is 30.9 Å². The number of rotatable bonds is 7. The number of anilines is 1. The first-order chi connectivity index (χ1) is 15.0. The van der Waals surface area contributed by atoms with Crippen molar-refractivity contribution in [3.63, 3.8) is 0 Å². The molecule has 0 saturated heterocycles. The summed E-state index contributed by atoms with van der Waals surface area (Å²) in [5.41, 5.74) is 0.748. The van der Waals surface area contributed by atoms with Crippen molar-refractivity contribution in [3.05, 3.63) is 70.4 Å². The molecule has 0 bridgehead atoms. The van der Waals surface area contributed by atoms with Crippen molar-refractivity contribution in [3.8, 4) is 5.75 Å². The molecular formula is C24H26F3NO4. The Labute approximate surface area is 184 Å². The van der Waals surface area contributed by atoms with Gasteiger partial charge in [0.1, 0.15) is 12.4 Å². The monoisotopic (exact) mass is 449 g/mol. The van der Waals surface area contributed by atoms with Gasteiger partial charge in [-0.3, -0.25) is 0 Å². The summed E-state index contributed by atoms with van der Waals surface area (Å²) < 4.78 is 45.8. The van der Waals surface area contributed by atoms with E-state index in [1.54, 1.807) is 24.1 Å². The minimum atomic E-state index is -4.49. The zero-order valence-electron chi connectivity index (χ0n) is 18.2. The molecule has 0 radical (unpaired) electrons. The molecule has 1 aliphatic heterocycles. The Bertz CT molecular complexity index is 1050. The number of ether oxygens (including phenoxy) is 1. The lowest BCUT2D eigenvalue weighted by Gasteiger charge is -2.40. The maximum atomic E-state index is 13.3. The standard InChI is InChI=1S/C24H26F3NO4/c1-4-23(3)18-12-21(32-14-16-7-5-6-8-17(16)24(25,26)27)15(2)11-20(18)28(9-10-29)13-19(23)22(30)31/h5-8,11-13,29H,4,9-10,14H2,1-3H3,(H,30,31). The van der Waals surface area contributed by atoms with Crippen molar-refractivity contribution in [2.45, 2.75) is 45.4 Å². The van der Waals surface area contributed by atoms with Crippen LogP contribution in [0.1, 0.15) is 42.5 Å². The zero-order chi connectivity index (χ0) is 23.7. The number of carboxylic acids is 1. The van der Waals surface area contributed by atoms with E-state index in [4.69, 9.17) is 4.74 Å². The maximum absolute atomic E-state index is 13.3. The average molecular weight is 449 g/mol. The Morgan fingerprint density at radius 1 is 1.22 bits per heavy atom. The van der Waals surface area contributed by atoms with E-state index in [0.717, 1.165) is 11.8 Å². The van der Waals surface area contributed by atoms with Gasteiger partial charge >= 0.3 is 12.1 Å². The largest absolute Gasteiger partial charge is 0.489 e. The van der Waals surface area contributed by atoms with Crippen LogP contribution >= 0.6 is 0 Å². The van der Waals surface area contributed by atoms with Gasteiger partial charge in [0, 0.05) is 29.4 Å². The van der Waals surface area contributed by atoms with Gasteiger partial charge in [0.2, 0.25) is 0 Å². The van der Waals surface area contributed by atoms with Gasteiger partial charge in [-0.15, -0.1) is 0 Å². The summed E-state index contributed by atoms with van der Waals surface area (Å²) in [4.78, 5) is 13.7. The molecule has 0 saturated carbocycles. The fraction of sp³-hybridized carbons (Fsp3) is 0.375. The quantitative estimate of drug-likeness (QED) is 0.620. The summed E-state index contributed by atoms with van der Waals surface area (Å²) in [6.07, 6.45) is -2.45. The average Bonchev–Trinajstić information content (AvgIpc) is 2.74. The van der Waals surface area contributed by atoms with E-state index >= 15 is 0 Å². The number of aliphatic hydroxyl groups excluding tert-OH is 1.